The van der Waals surface area contributed by atoms with Gasteiger partial charge in [-0.15, -0.1) is 0 Å². The van der Waals surface area contributed by atoms with Crippen molar-refractivity contribution in [2.75, 3.05) is 13.7 Å². The molecule has 8 nitrogen and oxygen atoms in total. The van der Waals surface area contributed by atoms with Gasteiger partial charge in [-0.05, 0) is 63.6 Å². The molecule has 0 bridgehead atoms. The summed E-state index contributed by atoms with van der Waals surface area (Å²) in [5, 5.41) is 20.2. The van der Waals surface area contributed by atoms with E-state index < -0.39 is 18.3 Å². The second kappa shape index (κ2) is 9.65. The van der Waals surface area contributed by atoms with Gasteiger partial charge in [-0.1, -0.05) is 24.3 Å². The minimum absolute atomic E-state index is 0.00600. The van der Waals surface area contributed by atoms with Gasteiger partial charge < -0.3 is 25.8 Å². The SMILES string of the molecule is CN[C@@H](C)C(=O)N[C@H]1CCO[C@H]2CC[C@@H](C(=O)N[C@@H]3CCCc4ccccc43)N2C1O. The van der Waals surface area contributed by atoms with Gasteiger partial charge in [-0.25, -0.2) is 4.90 Å². The highest BCUT2D eigenvalue weighted by Crippen LogP contribution is 2.33. The van der Waals surface area contributed by atoms with Crippen molar-refractivity contribution in [1.29, 1.82) is 0 Å². The first-order valence-corrected chi connectivity index (χ1v) is 11.4. The summed E-state index contributed by atoms with van der Waals surface area (Å²) in [6, 6.07) is 6.94. The van der Waals surface area contributed by atoms with Gasteiger partial charge >= 0.3 is 0 Å². The van der Waals surface area contributed by atoms with E-state index in [1.165, 1.54) is 11.1 Å². The van der Waals surface area contributed by atoms with Gasteiger partial charge in [0.05, 0.1) is 30.8 Å². The zero-order valence-corrected chi connectivity index (χ0v) is 18.3. The molecule has 31 heavy (non-hydrogen) atoms. The van der Waals surface area contributed by atoms with Gasteiger partial charge in [-0.2, -0.15) is 0 Å². The predicted octanol–water partition coefficient (Wildman–Crippen LogP) is 0.802. The summed E-state index contributed by atoms with van der Waals surface area (Å²) in [6.07, 6.45) is 3.52. The average Bonchev–Trinajstić information content (AvgIpc) is 3.15. The summed E-state index contributed by atoms with van der Waals surface area (Å²) >= 11 is 0. The van der Waals surface area contributed by atoms with E-state index in [4.69, 9.17) is 4.74 Å². The molecule has 2 amide bonds. The molecule has 0 saturated carbocycles. The first kappa shape index (κ1) is 22.2. The third-order valence-corrected chi connectivity index (χ3v) is 6.93. The van der Waals surface area contributed by atoms with Crippen LogP contribution in [0.25, 0.3) is 0 Å². The number of likely N-dealkylation sites (N-methyl/N-ethyl adjacent to an activating group) is 1. The topological polar surface area (TPSA) is 103 Å². The second-order valence-corrected chi connectivity index (χ2v) is 8.85. The molecule has 2 aliphatic heterocycles. The number of carbonyl (C=O) groups is 2. The van der Waals surface area contributed by atoms with Crippen molar-refractivity contribution in [3.05, 3.63) is 35.4 Å². The minimum Gasteiger partial charge on any atom is -0.376 e. The Kier molecular flexibility index (Phi) is 6.91. The highest BCUT2D eigenvalue weighted by Gasteiger charge is 2.46. The largest absolute Gasteiger partial charge is 0.376 e. The van der Waals surface area contributed by atoms with Crippen molar-refractivity contribution in [2.24, 2.45) is 0 Å². The molecule has 4 N–H and O–H groups in total. The first-order valence-electron chi connectivity index (χ1n) is 11.4. The zero-order chi connectivity index (χ0) is 22.0. The molecule has 1 aromatic rings. The van der Waals surface area contributed by atoms with Gasteiger partial charge in [0.25, 0.3) is 0 Å². The van der Waals surface area contributed by atoms with Crippen LogP contribution < -0.4 is 16.0 Å². The molecule has 6 atom stereocenters. The Bertz CT molecular complexity index is 804. The van der Waals surface area contributed by atoms with E-state index in [1.54, 1.807) is 18.9 Å². The average molecular weight is 431 g/mol. The van der Waals surface area contributed by atoms with Crippen LogP contribution in [0.4, 0.5) is 0 Å². The highest BCUT2D eigenvalue weighted by atomic mass is 16.5. The lowest BCUT2D eigenvalue weighted by atomic mass is 9.87. The summed E-state index contributed by atoms with van der Waals surface area (Å²) in [5.74, 6) is -0.258. The van der Waals surface area contributed by atoms with E-state index in [1.807, 2.05) is 12.1 Å². The third kappa shape index (κ3) is 4.62. The number of ether oxygens (including phenoxy) is 1. The Hall–Kier alpha value is -2.00. The minimum atomic E-state index is -0.975. The van der Waals surface area contributed by atoms with Crippen LogP contribution in [0.15, 0.2) is 24.3 Å². The molecular weight excluding hydrogens is 396 g/mol. The fourth-order valence-corrected chi connectivity index (χ4v) is 5.04. The van der Waals surface area contributed by atoms with Crippen LogP contribution in [-0.4, -0.2) is 66.1 Å². The standard InChI is InChI=1S/C23H34N4O4/c1-14(24-2)21(28)26-18-12-13-31-20-11-10-19(27(20)23(18)30)22(29)25-17-9-5-7-15-6-3-4-8-16(15)17/h3-4,6,8,14,17-20,23-24,30H,5,7,9-13H2,1-2H3,(H,25,29)(H,26,28)/t14-,17+,18-,19-,20-,23?/m0/s1. The van der Waals surface area contributed by atoms with Crippen LogP contribution in [0.5, 0.6) is 0 Å². The van der Waals surface area contributed by atoms with E-state index in [0.29, 0.717) is 25.9 Å². The molecule has 8 heteroatoms. The van der Waals surface area contributed by atoms with Crippen molar-refractivity contribution >= 4 is 11.8 Å². The van der Waals surface area contributed by atoms with Crippen LogP contribution in [0.2, 0.25) is 0 Å². The smallest absolute Gasteiger partial charge is 0.238 e. The van der Waals surface area contributed by atoms with Gasteiger partial charge in [-0.3, -0.25) is 9.59 Å². The molecule has 0 spiro atoms. The molecule has 1 aromatic carbocycles. The lowest BCUT2D eigenvalue weighted by Gasteiger charge is -2.36. The summed E-state index contributed by atoms with van der Waals surface area (Å²) in [7, 11) is 1.72. The molecule has 170 valence electrons. The fourth-order valence-electron chi connectivity index (χ4n) is 5.04. The van der Waals surface area contributed by atoms with Crippen molar-refractivity contribution in [1.82, 2.24) is 20.9 Å². The number of hydrogen-bond donors (Lipinski definition) is 4. The Morgan fingerprint density at radius 3 is 2.77 bits per heavy atom. The molecule has 2 heterocycles. The van der Waals surface area contributed by atoms with Crippen molar-refractivity contribution < 1.29 is 19.4 Å². The van der Waals surface area contributed by atoms with Gasteiger partial charge in [0.2, 0.25) is 11.8 Å². The lowest BCUT2D eigenvalue weighted by molar-refractivity contribution is -0.144. The number of aliphatic hydroxyl groups is 1. The summed E-state index contributed by atoms with van der Waals surface area (Å²) in [6.45, 7) is 2.20. The number of benzene rings is 1. The Morgan fingerprint density at radius 2 is 1.97 bits per heavy atom. The number of carbonyl (C=O) groups excluding carboxylic acids is 2. The van der Waals surface area contributed by atoms with Crippen LogP contribution in [0, 0.1) is 0 Å². The number of aliphatic hydroxyl groups excluding tert-OH is 1. The molecule has 0 radical (unpaired) electrons. The van der Waals surface area contributed by atoms with E-state index in [-0.39, 0.29) is 30.1 Å². The van der Waals surface area contributed by atoms with Crippen LogP contribution >= 0.6 is 0 Å². The van der Waals surface area contributed by atoms with Crippen molar-refractivity contribution in [2.45, 2.75) is 82.1 Å². The molecule has 1 unspecified atom stereocenters. The third-order valence-electron chi connectivity index (χ3n) is 6.93. The summed E-state index contributed by atoms with van der Waals surface area (Å²) in [5.41, 5.74) is 2.48. The van der Waals surface area contributed by atoms with E-state index in [0.717, 1.165) is 19.3 Å². The quantitative estimate of drug-likeness (QED) is 0.551. The Labute approximate surface area is 183 Å². The maximum atomic E-state index is 13.3. The van der Waals surface area contributed by atoms with Crippen LogP contribution in [0.3, 0.4) is 0 Å². The molecular formula is C23H34N4O4. The number of hydrogen-bond acceptors (Lipinski definition) is 6. The highest BCUT2D eigenvalue weighted by molar-refractivity contribution is 5.83. The molecule has 1 aliphatic carbocycles. The normalized spacial score (nSPS) is 31.8. The Balaban J connectivity index is 1.47. The summed E-state index contributed by atoms with van der Waals surface area (Å²) < 4.78 is 5.94. The molecule has 4 rings (SSSR count). The zero-order valence-electron chi connectivity index (χ0n) is 18.3. The first-order chi connectivity index (χ1) is 15.0. The molecule has 0 aromatic heterocycles. The van der Waals surface area contributed by atoms with Gasteiger partial charge in [0.15, 0.2) is 0 Å². The fraction of sp³-hybridized carbons (Fsp3) is 0.652. The van der Waals surface area contributed by atoms with Crippen molar-refractivity contribution in [3.8, 4) is 0 Å². The number of nitrogens with zero attached hydrogens (tertiary/aromatic N) is 1. The van der Waals surface area contributed by atoms with Crippen molar-refractivity contribution in [3.63, 3.8) is 0 Å². The van der Waals surface area contributed by atoms with Crippen LogP contribution in [-0.2, 0) is 20.7 Å². The molecule has 3 aliphatic rings. The predicted molar refractivity (Wildman–Crippen MR) is 116 cm³/mol. The van der Waals surface area contributed by atoms with Gasteiger partial charge in [0, 0.05) is 0 Å². The van der Waals surface area contributed by atoms with Crippen LogP contribution in [0.1, 0.15) is 56.2 Å². The number of rotatable bonds is 5. The Morgan fingerprint density at radius 1 is 1.16 bits per heavy atom. The maximum absolute atomic E-state index is 13.3. The monoisotopic (exact) mass is 430 g/mol. The second-order valence-electron chi connectivity index (χ2n) is 8.85. The number of amides is 2. The van der Waals surface area contributed by atoms with E-state index in [2.05, 4.69) is 28.1 Å². The maximum Gasteiger partial charge on any atom is 0.238 e. The number of nitrogens with one attached hydrogen (secondary N) is 3. The van der Waals surface area contributed by atoms with E-state index in [9.17, 15) is 14.7 Å². The number of fused-ring (bicyclic) bond motifs is 2. The lowest BCUT2D eigenvalue weighted by Crippen LogP contribution is -2.58. The molecule has 2 fully saturated rings. The summed E-state index contributed by atoms with van der Waals surface area (Å²) in [4.78, 5) is 27.4. The van der Waals surface area contributed by atoms with E-state index >= 15 is 0 Å². The van der Waals surface area contributed by atoms with Gasteiger partial charge in [0.1, 0.15) is 12.5 Å². The number of aryl methyl sites for hydroxylation is 1. The molecule has 2 saturated heterocycles.